The predicted molar refractivity (Wildman–Crippen MR) is 72.4 cm³/mol. The molecule has 3 nitrogen and oxygen atoms in total. The number of benzene rings is 2. The Hall–Kier alpha value is -2.29. The van der Waals surface area contributed by atoms with Crippen molar-refractivity contribution in [2.75, 3.05) is 11.1 Å². The average molecular weight is 238 g/mol. The maximum atomic E-state index is 11.3. The van der Waals surface area contributed by atoms with Crippen molar-refractivity contribution >= 4 is 17.3 Å². The van der Waals surface area contributed by atoms with E-state index in [9.17, 15) is 4.79 Å². The zero-order valence-corrected chi connectivity index (χ0v) is 9.94. The van der Waals surface area contributed by atoms with Crippen LogP contribution in [-0.2, 0) is 17.6 Å². The van der Waals surface area contributed by atoms with Crippen molar-refractivity contribution in [2.45, 2.75) is 12.8 Å². The average Bonchev–Trinajstić information content (AvgIpc) is 2.71. The Bertz CT molecular complexity index is 602. The van der Waals surface area contributed by atoms with Crippen LogP contribution >= 0.6 is 0 Å². The molecule has 90 valence electrons. The van der Waals surface area contributed by atoms with Gasteiger partial charge in [0, 0.05) is 11.4 Å². The molecule has 2 aromatic carbocycles. The molecular weight excluding hydrogens is 224 g/mol. The second kappa shape index (κ2) is 4.18. The summed E-state index contributed by atoms with van der Waals surface area (Å²) in [5.41, 5.74) is 10.9. The van der Waals surface area contributed by atoms with Gasteiger partial charge in [0.15, 0.2) is 0 Å². The van der Waals surface area contributed by atoms with Gasteiger partial charge in [0.1, 0.15) is 0 Å². The molecule has 0 fully saturated rings. The van der Waals surface area contributed by atoms with E-state index in [1.807, 2.05) is 30.3 Å². The molecule has 1 heterocycles. The summed E-state index contributed by atoms with van der Waals surface area (Å²) in [5.74, 6) is 0.0784. The van der Waals surface area contributed by atoms with Gasteiger partial charge in [-0.2, -0.15) is 0 Å². The molecule has 0 saturated heterocycles. The minimum Gasteiger partial charge on any atom is -0.399 e. The Morgan fingerprint density at radius 2 is 1.78 bits per heavy atom. The van der Waals surface area contributed by atoms with E-state index in [2.05, 4.69) is 17.4 Å². The zero-order valence-electron chi connectivity index (χ0n) is 9.94. The number of hydrogen-bond donors (Lipinski definition) is 2. The molecule has 2 aromatic rings. The number of carbonyl (C=O) groups excluding carboxylic acids is 1. The van der Waals surface area contributed by atoms with Crippen LogP contribution in [0.5, 0.6) is 0 Å². The number of fused-ring (bicyclic) bond motifs is 1. The van der Waals surface area contributed by atoms with Crippen LogP contribution in [0.25, 0.3) is 0 Å². The van der Waals surface area contributed by atoms with Crippen LogP contribution in [0.1, 0.15) is 16.7 Å². The first-order valence-electron chi connectivity index (χ1n) is 5.97. The predicted octanol–water partition coefficient (Wildman–Crippen LogP) is 2.35. The van der Waals surface area contributed by atoms with Crippen LogP contribution in [0.3, 0.4) is 0 Å². The van der Waals surface area contributed by atoms with E-state index in [1.165, 1.54) is 11.1 Å². The number of nitrogen functional groups attached to an aromatic ring is 1. The third-order valence-electron chi connectivity index (χ3n) is 3.18. The number of rotatable bonds is 2. The lowest BCUT2D eigenvalue weighted by Crippen LogP contribution is -2.03. The zero-order chi connectivity index (χ0) is 12.5. The summed E-state index contributed by atoms with van der Waals surface area (Å²) in [7, 11) is 0. The highest BCUT2D eigenvalue weighted by Gasteiger charge is 2.17. The number of nitrogens with two attached hydrogens (primary N) is 1. The third kappa shape index (κ3) is 2.07. The summed E-state index contributed by atoms with van der Waals surface area (Å²) in [5, 5.41) is 2.84. The largest absolute Gasteiger partial charge is 0.399 e. The van der Waals surface area contributed by atoms with Gasteiger partial charge in [0.05, 0.1) is 6.42 Å². The topological polar surface area (TPSA) is 55.1 Å². The third-order valence-corrected chi connectivity index (χ3v) is 3.18. The van der Waals surface area contributed by atoms with Crippen LogP contribution in [-0.4, -0.2) is 5.91 Å². The lowest BCUT2D eigenvalue weighted by molar-refractivity contribution is -0.115. The Labute approximate surface area is 106 Å². The highest BCUT2D eigenvalue weighted by molar-refractivity contribution is 5.99. The van der Waals surface area contributed by atoms with Crippen molar-refractivity contribution in [2.24, 2.45) is 0 Å². The maximum absolute atomic E-state index is 11.3. The molecule has 0 bridgehead atoms. The highest BCUT2D eigenvalue weighted by atomic mass is 16.1. The lowest BCUT2D eigenvalue weighted by Gasteiger charge is -2.05. The summed E-state index contributed by atoms with van der Waals surface area (Å²) in [6, 6.07) is 14.0. The van der Waals surface area contributed by atoms with Gasteiger partial charge in [0.2, 0.25) is 5.91 Å². The summed E-state index contributed by atoms with van der Waals surface area (Å²) < 4.78 is 0. The summed E-state index contributed by atoms with van der Waals surface area (Å²) in [6.07, 6.45) is 1.35. The van der Waals surface area contributed by atoms with E-state index in [0.717, 1.165) is 23.4 Å². The van der Waals surface area contributed by atoms with Crippen LogP contribution in [0.4, 0.5) is 11.4 Å². The molecule has 0 aliphatic carbocycles. The molecule has 1 aliphatic heterocycles. The normalized spacial score (nSPS) is 13.2. The molecule has 3 heteroatoms. The van der Waals surface area contributed by atoms with Gasteiger partial charge >= 0.3 is 0 Å². The van der Waals surface area contributed by atoms with Crippen LogP contribution in [0.15, 0.2) is 42.5 Å². The van der Waals surface area contributed by atoms with Gasteiger partial charge in [-0.1, -0.05) is 24.3 Å². The maximum Gasteiger partial charge on any atom is 0.228 e. The fourth-order valence-corrected chi connectivity index (χ4v) is 2.26. The van der Waals surface area contributed by atoms with E-state index in [0.29, 0.717) is 6.42 Å². The van der Waals surface area contributed by atoms with Crippen LogP contribution in [0.2, 0.25) is 0 Å². The van der Waals surface area contributed by atoms with Crippen molar-refractivity contribution < 1.29 is 4.79 Å². The van der Waals surface area contributed by atoms with Crippen molar-refractivity contribution in [3.8, 4) is 0 Å². The van der Waals surface area contributed by atoms with E-state index in [1.54, 1.807) is 0 Å². The van der Waals surface area contributed by atoms with Crippen molar-refractivity contribution in [3.63, 3.8) is 0 Å². The molecule has 0 radical (unpaired) electrons. The first kappa shape index (κ1) is 10.8. The van der Waals surface area contributed by atoms with Gasteiger partial charge in [-0.25, -0.2) is 0 Å². The summed E-state index contributed by atoms with van der Waals surface area (Å²) >= 11 is 0. The Kier molecular flexibility index (Phi) is 2.52. The number of amides is 1. The second-order valence-electron chi connectivity index (χ2n) is 4.63. The lowest BCUT2D eigenvalue weighted by atomic mass is 10.0. The molecule has 0 spiro atoms. The Morgan fingerprint density at radius 1 is 1.06 bits per heavy atom. The van der Waals surface area contributed by atoms with Crippen molar-refractivity contribution in [1.29, 1.82) is 0 Å². The van der Waals surface area contributed by atoms with Crippen LogP contribution in [0, 0.1) is 0 Å². The standard InChI is InChI=1S/C15H14N2O/c16-13-4-1-10(2-5-13)7-11-3-6-14-12(8-11)9-15(18)17-14/h1-6,8H,7,9,16H2,(H,17,18). The quantitative estimate of drug-likeness (QED) is 0.789. The molecule has 3 rings (SSSR count). The van der Waals surface area contributed by atoms with E-state index < -0.39 is 0 Å². The summed E-state index contributed by atoms with van der Waals surface area (Å²) in [4.78, 5) is 11.3. The number of anilines is 2. The first-order valence-corrected chi connectivity index (χ1v) is 5.97. The fourth-order valence-electron chi connectivity index (χ4n) is 2.26. The molecule has 0 unspecified atom stereocenters. The minimum absolute atomic E-state index is 0.0784. The fraction of sp³-hybridized carbons (Fsp3) is 0.133. The molecule has 0 saturated carbocycles. The van der Waals surface area contributed by atoms with Gasteiger partial charge in [-0.05, 0) is 41.3 Å². The first-order chi connectivity index (χ1) is 8.70. The molecular formula is C15H14N2O. The molecule has 3 N–H and O–H groups in total. The van der Waals surface area contributed by atoms with Gasteiger partial charge in [0.25, 0.3) is 0 Å². The molecule has 1 aliphatic rings. The van der Waals surface area contributed by atoms with Crippen molar-refractivity contribution in [3.05, 3.63) is 59.2 Å². The highest BCUT2D eigenvalue weighted by Crippen LogP contribution is 2.25. The second-order valence-corrected chi connectivity index (χ2v) is 4.63. The number of hydrogen-bond acceptors (Lipinski definition) is 2. The Balaban J connectivity index is 1.84. The molecule has 1 amide bonds. The Morgan fingerprint density at radius 3 is 2.56 bits per heavy atom. The number of nitrogens with one attached hydrogen (secondary N) is 1. The van der Waals surface area contributed by atoms with E-state index in [-0.39, 0.29) is 5.91 Å². The SMILES string of the molecule is Nc1ccc(Cc2ccc3c(c2)CC(=O)N3)cc1. The number of carbonyl (C=O) groups is 1. The minimum atomic E-state index is 0.0784. The van der Waals surface area contributed by atoms with E-state index in [4.69, 9.17) is 5.73 Å². The van der Waals surface area contributed by atoms with Gasteiger partial charge in [-0.3, -0.25) is 4.79 Å². The smallest absolute Gasteiger partial charge is 0.228 e. The van der Waals surface area contributed by atoms with E-state index >= 15 is 0 Å². The van der Waals surface area contributed by atoms with Crippen LogP contribution < -0.4 is 11.1 Å². The molecule has 0 atom stereocenters. The monoisotopic (exact) mass is 238 g/mol. The molecule has 18 heavy (non-hydrogen) atoms. The molecule has 0 aromatic heterocycles. The summed E-state index contributed by atoms with van der Waals surface area (Å²) in [6.45, 7) is 0. The van der Waals surface area contributed by atoms with Gasteiger partial charge in [-0.15, -0.1) is 0 Å². The van der Waals surface area contributed by atoms with Crippen molar-refractivity contribution in [1.82, 2.24) is 0 Å². The van der Waals surface area contributed by atoms with Gasteiger partial charge < -0.3 is 11.1 Å².